The number of unbranched alkanes of at least 4 members (excludes halogenated alkanes) is 1. The number of nitrogens with one attached hydrogen (secondary N) is 1. The van der Waals surface area contributed by atoms with Crippen molar-refractivity contribution in [1.29, 1.82) is 0 Å². The predicted octanol–water partition coefficient (Wildman–Crippen LogP) is 2.09. The number of rotatable bonds is 10. The smallest absolute Gasteiger partial charge is 0.235 e. The normalized spacial score (nSPS) is 11.4. The van der Waals surface area contributed by atoms with E-state index < -0.39 is 21.5 Å². The van der Waals surface area contributed by atoms with Crippen LogP contribution in [0.3, 0.4) is 0 Å². The maximum absolute atomic E-state index is 12.1. The van der Waals surface area contributed by atoms with Crippen molar-refractivity contribution in [1.82, 2.24) is 5.32 Å². The summed E-state index contributed by atoms with van der Waals surface area (Å²) in [6, 6.07) is 6.50. The monoisotopic (exact) mass is 327 g/mol. The minimum absolute atomic E-state index is 0.177. The molecular formula is C16H25NO4S. The van der Waals surface area contributed by atoms with Crippen molar-refractivity contribution in [3.05, 3.63) is 29.8 Å². The fourth-order valence-electron chi connectivity index (χ4n) is 1.80. The number of hydrogen-bond acceptors (Lipinski definition) is 4. The summed E-state index contributed by atoms with van der Waals surface area (Å²) in [4.78, 5) is 11.9. The van der Waals surface area contributed by atoms with Gasteiger partial charge in [0.25, 0.3) is 0 Å². The Hall–Kier alpha value is -1.40. The molecule has 1 aromatic rings. The molecule has 0 fully saturated rings. The van der Waals surface area contributed by atoms with Gasteiger partial charge < -0.3 is 10.1 Å². The number of benzene rings is 1. The summed E-state index contributed by atoms with van der Waals surface area (Å²) in [6.45, 7) is 5.70. The molecule has 124 valence electrons. The molecule has 0 aliphatic carbocycles. The first-order valence-corrected chi connectivity index (χ1v) is 9.25. The summed E-state index contributed by atoms with van der Waals surface area (Å²) in [5, 5.41) is 2.61. The van der Waals surface area contributed by atoms with E-state index in [9.17, 15) is 13.2 Å². The van der Waals surface area contributed by atoms with E-state index in [4.69, 9.17) is 4.74 Å². The van der Waals surface area contributed by atoms with Crippen molar-refractivity contribution in [2.24, 2.45) is 0 Å². The molecule has 1 rings (SSSR count). The maximum atomic E-state index is 12.1. The Morgan fingerprint density at radius 2 is 1.77 bits per heavy atom. The largest absolute Gasteiger partial charge is 0.381 e. The highest BCUT2D eigenvalue weighted by Crippen LogP contribution is 2.11. The number of amides is 1. The number of carbonyl (C=O) groups is 1. The van der Waals surface area contributed by atoms with Gasteiger partial charge >= 0.3 is 0 Å². The second-order valence-corrected chi connectivity index (χ2v) is 7.23. The van der Waals surface area contributed by atoms with Crippen LogP contribution in [0.25, 0.3) is 0 Å². The van der Waals surface area contributed by atoms with Gasteiger partial charge in [0.05, 0.1) is 4.90 Å². The number of ether oxygens (including phenoxy) is 1. The third-order valence-corrected chi connectivity index (χ3v) is 4.76. The topological polar surface area (TPSA) is 72.5 Å². The van der Waals surface area contributed by atoms with Crippen molar-refractivity contribution in [3.63, 3.8) is 0 Å². The van der Waals surface area contributed by atoms with Crippen molar-refractivity contribution >= 4 is 15.7 Å². The van der Waals surface area contributed by atoms with Crippen LogP contribution in [-0.4, -0.2) is 39.8 Å². The Morgan fingerprint density at radius 3 is 2.41 bits per heavy atom. The number of carbonyl (C=O) groups excluding carboxylic acids is 1. The van der Waals surface area contributed by atoms with Crippen LogP contribution in [-0.2, 0) is 19.4 Å². The van der Waals surface area contributed by atoms with Gasteiger partial charge in [-0.3, -0.25) is 4.79 Å². The first kappa shape index (κ1) is 18.6. The van der Waals surface area contributed by atoms with Crippen LogP contribution in [0.15, 0.2) is 29.2 Å². The Kier molecular flexibility index (Phi) is 8.12. The molecule has 0 saturated heterocycles. The van der Waals surface area contributed by atoms with Gasteiger partial charge in [0.1, 0.15) is 5.75 Å². The molecule has 0 heterocycles. The van der Waals surface area contributed by atoms with E-state index in [1.807, 2.05) is 6.92 Å². The minimum atomic E-state index is -3.57. The Labute approximate surface area is 133 Å². The molecule has 0 aliphatic heterocycles. The zero-order chi connectivity index (χ0) is 16.4. The van der Waals surface area contributed by atoms with E-state index in [1.165, 1.54) is 12.1 Å². The summed E-state index contributed by atoms with van der Waals surface area (Å²) in [5.41, 5.74) is 0.978. The van der Waals surface area contributed by atoms with E-state index >= 15 is 0 Å². The molecule has 1 aromatic carbocycles. The summed E-state index contributed by atoms with van der Waals surface area (Å²) < 4.78 is 29.5. The van der Waals surface area contributed by atoms with Gasteiger partial charge in [-0.1, -0.05) is 31.0 Å². The summed E-state index contributed by atoms with van der Waals surface area (Å²) in [5.74, 6) is -0.999. The van der Waals surface area contributed by atoms with Crippen LogP contribution < -0.4 is 5.32 Å². The molecule has 0 radical (unpaired) electrons. The molecule has 22 heavy (non-hydrogen) atoms. The lowest BCUT2D eigenvalue weighted by Crippen LogP contribution is -2.31. The molecule has 1 N–H and O–H groups in total. The predicted molar refractivity (Wildman–Crippen MR) is 86.6 cm³/mol. The molecule has 1 amide bonds. The zero-order valence-corrected chi connectivity index (χ0v) is 14.1. The molecular weight excluding hydrogens is 302 g/mol. The second-order valence-electron chi connectivity index (χ2n) is 5.24. The lowest BCUT2D eigenvalue weighted by atomic mass is 10.2. The van der Waals surface area contributed by atoms with Gasteiger partial charge in [-0.15, -0.1) is 0 Å². The Balaban J connectivity index is 2.30. The lowest BCUT2D eigenvalue weighted by molar-refractivity contribution is -0.118. The number of sulfone groups is 1. The van der Waals surface area contributed by atoms with Crippen LogP contribution >= 0.6 is 0 Å². The van der Waals surface area contributed by atoms with Gasteiger partial charge in [-0.25, -0.2) is 8.42 Å². The van der Waals surface area contributed by atoms with Gasteiger partial charge in [0.15, 0.2) is 9.84 Å². The standard InChI is InChI=1S/C16H25NO4S/c1-3-4-11-21-12-5-10-17-16(18)13-22(19,20)15-8-6-14(2)7-9-15/h6-9H,3-5,10-13H2,1-2H3,(H,17,18). The fourth-order valence-corrected chi connectivity index (χ4v) is 2.97. The van der Waals surface area contributed by atoms with E-state index in [0.29, 0.717) is 19.6 Å². The first-order valence-electron chi connectivity index (χ1n) is 7.59. The average molecular weight is 327 g/mol. The maximum Gasteiger partial charge on any atom is 0.235 e. The Bertz CT molecular complexity index is 552. The second kappa shape index (κ2) is 9.58. The highest BCUT2D eigenvalue weighted by molar-refractivity contribution is 7.92. The van der Waals surface area contributed by atoms with Gasteiger partial charge in [0, 0.05) is 19.8 Å². The lowest BCUT2D eigenvalue weighted by Gasteiger charge is -2.07. The number of hydrogen-bond donors (Lipinski definition) is 1. The van der Waals surface area contributed by atoms with Gasteiger partial charge in [0.2, 0.25) is 5.91 Å². The van der Waals surface area contributed by atoms with Crippen LogP contribution in [0.5, 0.6) is 0 Å². The van der Waals surface area contributed by atoms with E-state index in [2.05, 4.69) is 12.2 Å². The molecule has 0 spiro atoms. The molecule has 5 nitrogen and oxygen atoms in total. The number of aryl methyl sites for hydroxylation is 1. The third-order valence-electron chi connectivity index (χ3n) is 3.13. The molecule has 0 aromatic heterocycles. The zero-order valence-electron chi connectivity index (χ0n) is 13.3. The van der Waals surface area contributed by atoms with Crippen molar-refractivity contribution in [3.8, 4) is 0 Å². The fraction of sp³-hybridized carbons (Fsp3) is 0.562. The van der Waals surface area contributed by atoms with Crippen LogP contribution in [0.2, 0.25) is 0 Å². The van der Waals surface area contributed by atoms with Crippen LogP contribution in [0.1, 0.15) is 31.7 Å². The molecule has 0 saturated carbocycles. The van der Waals surface area contributed by atoms with Gasteiger partial charge in [-0.2, -0.15) is 0 Å². The summed E-state index contributed by atoms with van der Waals surface area (Å²) >= 11 is 0. The SMILES string of the molecule is CCCCOCCCNC(=O)CS(=O)(=O)c1ccc(C)cc1. The van der Waals surface area contributed by atoms with E-state index in [-0.39, 0.29) is 4.90 Å². The third kappa shape index (κ3) is 7.04. The van der Waals surface area contributed by atoms with E-state index in [1.54, 1.807) is 12.1 Å². The van der Waals surface area contributed by atoms with Gasteiger partial charge in [-0.05, 0) is 31.9 Å². The van der Waals surface area contributed by atoms with Crippen LogP contribution in [0.4, 0.5) is 0 Å². The highest BCUT2D eigenvalue weighted by atomic mass is 32.2. The molecule has 0 atom stereocenters. The first-order chi connectivity index (χ1) is 10.5. The van der Waals surface area contributed by atoms with Crippen molar-refractivity contribution in [2.75, 3.05) is 25.5 Å². The summed E-state index contributed by atoms with van der Waals surface area (Å²) in [7, 11) is -3.57. The average Bonchev–Trinajstić information content (AvgIpc) is 2.46. The molecule has 0 unspecified atom stereocenters. The minimum Gasteiger partial charge on any atom is -0.381 e. The van der Waals surface area contributed by atoms with Crippen LogP contribution in [0, 0.1) is 6.92 Å². The molecule has 6 heteroatoms. The molecule has 0 bridgehead atoms. The Morgan fingerprint density at radius 1 is 1.14 bits per heavy atom. The van der Waals surface area contributed by atoms with Crippen molar-refractivity contribution < 1.29 is 17.9 Å². The van der Waals surface area contributed by atoms with E-state index in [0.717, 1.165) is 25.0 Å². The quantitative estimate of drug-likeness (QED) is 0.668. The molecule has 0 aliphatic rings. The highest BCUT2D eigenvalue weighted by Gasteiger charge is 2.18. The van der Waals surface area contributed by atoms with Crippen molar-refractivity contribution in [2.45, 2.75) is 38.0 Å². The summed E-state index contributed by atoms with van der Waals surface area (Å²) in [6.07, 6.45) is 2.80.